The zero-order valence-electron chi connectivity index (χ0n) is 10.2. The molecule has 0 saturated heterocycles. The molecule has 1 aliphatic rings. The number of nitrogens with two attached hydrogens (primary N) is 1. The lowest BCUT2D eigenvalue weighted by atomic mass is 10.1. The molecule has 2 amide bonds. The highest BCUT2D eigenvalue weighted by molar-refractivity contribution is 6.03. The van der Waals surface area contributed by atoms with Crippen molar-refractivity contribution in [3.63, 3.8) is 0 Å². The minimum absolute atomic E-state index is 0.0874. The van der Waals surface area contributed by atoms with Crippen LogP contribution in [0.3, 0.4) is 0 Å². The Kier molecular flexibility index (Phi) is 3.36. The van der Waals surface area contributed by atoms with Crippen molar-refractivity contribution in [2.75, 3.05) is 37.3 Å². The van der Waals surface area contributed by atoms with Crippen LogP contribution in [0.1, 0.15) is 10.4 Å². The van der Waals surface area contributed by atoms with E-state index in [1.807, 2.05) is 12.1 Å². The predicted octanol–water partition coefficient (Wildman–Crippen LogP) is 0.0813. The molecule has 6 heteroatoms. The van der Waals surface area contributed by atoms with Crippen LogP contribution in [-0.4, -0.2) is 43.4 Å². The summed E-state index contributed by atoms with van der Waals surface area (Å²) in [5, 5.41) is 6.41. The highest BCUT2D eigenvalue weighted by Crippen LogP contribution is 2.28. The van der Waals surface area contributed by atoms with Crippen molar-refractivity contribution in [2.24, 2.45) is 5.73 Å². The first-order valence-corrected chi connectivity index (χ1v) is 5.74. The van der Waals surface area contributed by atoms with E-state index >= 15 is 0 Å². The summed E-state index contributed by atoms with van der Waals surface area (Å²) >= 11 is 0. The number of benzene rings is 1. The minimum Gasteiger partial charge on any atom is -0.382 e. The summed E-state index contributed by atoms with van der Waals surface area (Å²) in [5.74, 6) is -0.747. The Labute approximate surface area is 105 Å². The Morgan fingerprint density at radius 3 is 2.78 bits per heavy atom. The quantitative estimate of drug-likeness (QED) is 0.707. The maximum absolute atomic E-state index is 12.2. The number of amides is 2. The SMILES string of the molecule is CN(CC(N)=O)C(=O)c1cccc2c1NCCN2. The average Bonchev–Trinajstić information content (AvgIpc) is 2.36. The molecule has 0 spiro atoms. The molecule has 4 N–H and O–H groups in total. The summed E-state index contributed by atoms with van der Waals surface area (Å²) in [5.41, 5.74) is 7.32. The van der Waals surface area contributed by atoms with E-state index in [1.165, 1.54) is 4.90 Å². The average molecular weight is 248 g/mol. The van der Waals surface area contributed by atoms with Gasteiger partial charge in [-0.25, -0.2) is 0 Å². The maximum Gasteiger partial charge on any atom is 0.256 e. The minimum atomic E-state index is -0.526. The maximum atomic E-state index is 12.2. The molecule has 1 aromatic carbocycles. The van der Waals surface area contributed by atoms with Crippen LogP contribution in [0.25, 0.3) is 0 Å². The van der Waals surface area contributed by atoms with Crippen LogP contribution in [0.5, 0.6) is 0 Å². The molecule has 1 aliphatic heterocycles. The Balaban J connectivity index is 2.27. The van der Waals surface area contributed by atoms with Crippen molar-refractivity contribution >= 4 is 23.2 Å². The lowest BCUT2D eigenvalue weighted by molar-refractivity contribution is -0.118. The van der Waals surface area contributed by atoms with E-state index in [9.17, 15) is 9.59 Å². The fourth-order valence-corrected chi connectivity index (χ4v) is 1.96. The zero-order valence-corrected chi connectivity index (χ0v) is 10.2. The topological polar surface area (TPSA) is 87.5 Å². The van der Waals surface area contributed by atoms with E-state index < -0.39 is 5.91 Å². The number of rotatable bonds is 3. The number of carbonyl (C=O) groups excluding carboxylic acids is 2. The Hall–Kier alpha value is -2.24. The van der Waals surface area contributed by atoms with Gasteiger partial charge in [0.25, 0.3) is 5.91 Å². The highest BCUT2D eigenvalue weighted by atomic mass is 16.2. The van der Waals surface area contributed by atoms with Crippen molar-refractivity contribution in [3.8, 4) is 0 Å². The fraction of sp³-hybridized carbons (Fsp3) is 0.333. The van der Waals surface area contributed by atoms with Gasteiger partial charge in [-0.3, -0.25) is 9.59 Å². The monoisotopic (exact) mass is 248 g/mol. The van der Waals surface area contributed by atoms with Crippen LogP contribution in [-0.2, 0) is 4.79 Å². The van der Waals surface area contributed by atoms with Crippen LogP contribution in [0.4, 0.5) is 11.4 Å². The normalized spacial score (nSPS) is 12.9. The first-order valence-electron chi connectivity index (χ1n) is 5.74. The molecular formula is C12H16N4O2. The van der Waals surface area contributed by atoms with Gasteiger partial charge < -0.3 is 21.3 Å². The van der Waals surface area contributed by atoms with Crippen LogP contribution >= 0.6 is 0 Å². The summed E-state index contributed by atoms with van der Waals surface area (Å²) in [6, 6.07) is 5.45. The van der Waals surface area contributed by atoms with Crippen molar-refractivity contribution in [1.29, 1.82) is 0 Å². The first-order chi connectivity index (χ1) is 8.59. The van der Waals surface area contributed by atoms with Gasteiger partial charge in [0, 0.05) is 20.1 Å². The number of primary amides is 1. The molecule has 0 atom stereocenters. The van der Waals surface area contributed by atoms with E-state index in [0.717, 1.165) is 24.5 Å². The molecule has 0 bridgehead atoms. The number of para-hydroxylation sites is 1. The second kappa shape index (κ2) is 4.95. The predicted molar refractivity (Wildman–Crippen MR) is 69.6 cm³/mol. The second-order valence-corrected chi connectivity index (χ2v) is 4.21. The van der Waals surface area contributed by atoms with Crippen molar-refractivity contribution in [1.82, 2.24) is 4.90 Å². The summed E-state index contributed by atoms with van der Waals surface area (Å²) in [6.07, 6.45) is 0. The summed E-state index contributed by atoms with van der Waals surface area (Å²) in [4.78, 5) is 24.4. The van der Waals surface area contributed by atoms with Crippen LogP contribution in [0, 0.1) is 0 Å². The van der Waals surface area contributed by atoms with Crippen LogP contribution in [0.2, 0.25) is 0 Å². The fourth-order valence-electron chi connectivity index (χ4n) is 1.96. The van der Waals surface area contributed by atoms with Gasteiger partial charge in [-0.05, 0) is 12.1 Å². The van der Waals surface area contributed by atoms with Gasteiger partial charge >= 0.3 is 0 Å². The van der Waals surface area contributed by atoms with E-state index in [0.29, 0.717) is 5.56 Å². The van der Waals surface area contributed by atoms with Gasteiger partial charge in [-0.2, -0.15) is 0 Å². The third-order valence-corrected chi connectivity index (χ3v) is 2.78. The van der Waals surface area contributed by atoms with Crippen molar-refractivity contribution in [3.05, 3.63) is 23.8 Å². The highest BCUT2D eigenvalue weighted by Gasteiger charge is 2.20. The molecule has 0 aromatic heterocycles. The molecule has 0 unspecified atom stereocenters. The summed E-state index contributed by atoms with van der Waals surface area (Å²) in [7, 11) is 1.56. The molecule has 0 saturated carbocycles. The third kappa shape index (κ3) is 2.37. The number of carbonyl (C=O) groups is 2. The molecular weight excluding hydrogens is 232 g/mol. The van der Waals surface area contributed by atoms with Crippen molar-refractivity contribution < 1.29 is 9.59 Å². The van der Waals surface area contributed by atoms with Crippen LogP contribution < -0.4 is 16.4 Å². The van der Waals surface area contributed by atoms with Gasteiger partial charge in [0.05, 0.1) is 23.5 Å². The smallest absolute Gasteiger partial charge is 0.256 e. The summed E-state index contributed by atoms with van der Waals surface area (Å²) in [6.45, 7) is 1.49. The van der Waals surface area contributed by atoms with E-state index in [1.54, 1.807) is 13.1 Å². The number of anilines is 2. The summed E-state index contributed by atoms with van der Waals surface area (Å²) < 4.78 is 0. The molecule has 0 radical (unpaired) electrons. The van der Waals surface area contributed by atoms with Gasteiger partial charge in [0.2, 0.25) is 5.91 Å². The largest absolute Gasteiger partial charge is 0.382 e. The number of fused-ring (bicyclic) bond motifs is 1. The number of nitrogens with zero attached hydrogens (tertiary/aromatic N) is 1. The molecule has 0 aliphatic carbocycles. The van der Waals surface area contributed by atoms with Gasteiger partial charge in [-0.15, -0.1) is 0 Å². The third-order valence-electron chi connectivity index (χ3n) is 2.78. The number of hydrogen-bond acceptors (Lipinski definition) is 4. The van der Waals surface area contributed by atoms with E-state index in [2.05, 4.69) is 10.6 Å². The van der Waals surface area contributed by atoms with Crippen molar-refractivity contribution in [2.45, 2.75) is 0 Å². The van der Waals surface area contributed by atoms with Gasteiger partial charge in [0.15, 0.2) is 0 Å². The van der Waals surface area contributed by atoms with E-state index in [4.69, 9.17) is 5.73 Å². The molecule has 1 aromatic rings. The molecule has 96 valence electrons. The lowest BCUT2D eigenvalue weighted by Gasteiger charge is -2.24. The molecule has 1 heterocycles. The zero-order chi connectivity index (χ0) is 13.1. The number of nitrogens with one attached hydrogen (secondary N) is 2. The van der Waals surface area contributed by atoms with Gasteiger partial charge in [-0.1, -0.05) is 6.07 Å². The molecule has 18 heavy (non-hydrogen) atoms. The standard InChI is InChI=1S/C12H16N4O2/c1-16(7-10(13)17)12(18)8-3-2-4-9-11(8)15-6-5-14-9/h2-4,14-15H,5-7H2,1H3,(H2,13,17). The van der Waals surface area contributed by atoms with E-state index in [-0.39, 0.29) is 12.5 Å². The first kappa shape index (κ1) is 12.2. The number of likely N-dealkylation sites (N-methyl/N-ethyl adjacent to an activating group) is 1. The molecule has 6 nitrogen and oxygen atoms in total. The second-order valence-electron chi connectivity index (χ2n) is 4.21. The molecule has 2 rings (SSSR count). The van der Waals surface area contributed by atoms with Crippen LogP contribution in [0.15, 0.2) is 18.2 Å². The Morgan fingerprint density at radius 1 is 1.33 bits per heavy atom. The Morgan fingerprint density at radius 2 is 2.06 bits per heavy atom. The number of hydrogen-bond donors (Lipinski definition) is 3. The lowest BCUT2D eigenvalue weighted by Crippen LogP contribution is -2.36. The molecule has 0 fully saturated rings. The Bertz CT molecular complexity index is 487. The van der Waals surface area contributed by atoms with Gasteiger partial charge in [0.1, 0.15) is 0 Å².